The zero-order valence-electron chi connectivity index (χ0n) is 16.5. The van der Waals surface area contributed by atoms with Crippen molar-refractivity contribution in [1.29, 1.82) is 0 Å². The summed E-state index contributed by atoms with van der Waals surface area (Å²) in [7, 11) is 0. The molecule has 0 aliphatic rings. The Morgan fingerprint density at radius 1 is 0.966 bits per heavy atom. The van der Waals surface area contributed by atoms with Crippen LogP contribution in [0.25, 0.3) is 0 Å². The maximum absolute atomic E-state index is 12.6. The van der Waals surface area contributed by atoms with Gasteiger partial charge in [-0.1, -0.05) is 72.3 Å². The minimum atomic E-state index is -0.481. The molecular weight excluding hydrogens is 366 g/mol. The molecule has 3 aromatic carbocycles. The lowest BCUT2D eigenvalue weighted by molar-refractivity contribution is -0.676. The van der Waals surface area contributed by atoms with Crippen LogP contribution in [-0.2, 0) is 4.79 Å². The van der Waals surface area contributed by atoms with Crippen molar-refractivity contribution in [2.75, 3.05) is 11.9 Å². The average Bonchev–Trinajstić information content (AvgIpc) is 2.71. The molecule has 29 heavy (non-hydrogen) atoms. The van der Waals surface area contributed by atoms with Gasteiger partial charge < -0.3 is 10.6 Å². The normalized spacial score (nSPS) is 11.7. The second-order valence-corrected chi connectivity index (χ2v) is 7.01. The van der Waals surface area contributed by atoms with Crippen LogP contribution >= 0.6 is 0 Å². The zero-order chi connectivity index (χ0) is 20.8. The summed E-state index contributed by atoms with van der Waals surface area (Å²) < 4.78 is 0. The van der Waals surface area contributed by atoms with Crippen LogP contribution in [-0.4, -0.2) is 17.4 Å². The molecule has 3 N–H and O–H groups in total. The molecule has 0 bridgehead atoms. The van der Waals surface area contributed by atoms with Gasteiger partial charge in [-0.2, -0.15) is 0 Å². The monoisotopic (exact) mass is 390 g/mol. The van der Waals surface area contributed by atoms with Gasteiger partial charge in [-0.15, -0.1) is 0 Å². The maximum atomic E-state index is 12.6. The quantitative estimate of drug-likeness (QED) is 0.478. The van der Waals surface area contributed by atoms with Gasteiger partial charge in [-0.3, -0.25) is 14.9 Å². The molecule has 0 aliphatic heterocycles. The molecule has 0 aliphatic carbocycles. The van der Waals surface area contributed by atoms with Crippen molar-refractivity contribution in [3.05, 3.63) is 105 Å². The van der Waals surface area contributed by atoms with Gasteiger partial charge in [-0.25, -0.2) is 0 Å². The van der Waals surface area contributed by atoms with Gasteiger partial charge in [-0.05, 0) is 19.4 Å². The van der Waals surface area contributed by atoms with Crippen molar-refractivity contribution in [2.24, 2.45) is 0 Å². The number of nitrogens with zero attached hydrogens (tertiary/aromatic N) is 1. The Labute approximate surface area is 169 Å². The lowest BCUT2D eigenvalue weighted by atomic mass is 9.98. The first-order chi connectivity index (χ1) is 14.0. The third kappa shape index (κ3) is 5.06. The predicted molar refractivity (Wildman–Crippen MR) is 113 cm³/mol. The molecule has 1 atom stereocenters. The fraction of sp³-hybridized carbons (Fsp3) is 0.174. The molecule has 0 radical (unpaired) electrons. The number of quaternary nitrogens is 1. The highest BCUT2D eigenvalue weighted by Gasteiger charge is 2.21. The van der Waals surface area contributed by atoms with Gasteiger partial charge in [0.15, 0.2) is 6.54 Å². The number of hydrogen-bond acceptors (Lipinski definition) is 3. The molecule has 0 fully saturated rings. The van der Waals surface area contributed by atoms with E-state index in [9.17, 15) is 14.9 Å². The van der Waals surface area contributed by atoms with Crippen LogP contribution in [0.2, 0.25) is 0 Å². The Hall–Kier alpha value is -3.51. The molecule has 0 heterocycles. The van der Waals surface area contributed by atoms with E-state index in [0.717, 1.165) is 11.1 Å². The lowest BCUT2D eigenvalue weighted by Crippen LogP contribution is -2.87. The first-order valence-corrected chi connectivity index (χ1v) is 9.44. The molecule has 148 valence electrons. The Kier molecular flexibility index (Phi) is 6.36. The molecule has 0 unspecified atom stereocenters. The summed E-state index contributed by atoms with van der Waals surface area (Å²) in [6.07, 6.45) is 0. The number of benzene rings is 3. The SMILES string of the molecule is Cc1ccc([C@@H]([NH2+]CC(=O)Nc2c(C)cccc2[N+](=O)[O-])c2ccccc2)cc1. The van der Waals surface area contributed by atoms with Crippen LogP contribution in [0, 0.1) is 24.0 Å². The number of nitrogens with two attached hydrogens (primary N) is 1. The number of aryl methyl sites for hydroxylation is 2. The van der Waals surface area contributed by atoms with Gasteiger partial charge in [0.2, 0.25) is 0 Å². The molecule has 1 amide bonds. The van der Waals surface area contributed by atoms with Gasteiger partial charge in [0, 0.05) is 17.2 Å². The van der Waals surface area contributed by atoms with Gasteiger partial charge >= 0.3 is 0 Å². The van der Waals surface area contributed by atoms with Crippen molar-refractivity contribution in [3.63, 3.8) is 0 Å². The highest BCUT2D eigenvalue weighted by molar-refractivity contribution is 5.94. The molecule has 0 saturated heterocycles. The summed E-state index contributed by atoms with van der Waals surface area (Å²) in [6, 6.07) is 22.9. The van der Waals surface area contributed by atoms with Gasteiger partial charge in [0.1, 0.15) is 11.7 Å². The largest absolute Gasteiger partial charge is 0.328 e. The molecule has 3 aromatic rings. The van der Waals surface area contributed by atoms with E-state index < -0.39 is 4.92 Å². The van der Waals surface area contributed by atoms with E-state index in [0.29, 0.717) is 5.56 Å². The number of carbonyl (C=O) groups excluding carboxylic acids is 1. The molecule has 0 aromatic heterocycles. The number of hydrogen-bond donors (Lipinski definition) is 2. The number of nitro groups is 1. The smallest absolute Gasteiger partial charge is 0.293 e. The average molecular weight is 390 g/mol. The van der Waals surface area contributed by atoms with Crippen molar-refractivity contribution in [2.45, 2.75) is 19.9 Å². The first kappa shape index (κ1) is 20.2. The van der Waals surface area contributed by atoms with Gasteiger partial charge in [0.25, 0.3) is 11.6 Å². The van der Waals surface area contributed by atoms with Crippen LogP contribution in [0.1, 0.15) is 28.3 Å². The molecule has 0 saturated carbocycles. The minimum absolute atomic E-state index is 0.0468. The second-order valence-electron chi connectivity index (χ2n) is 7.01. The predicted octanol–water partition coefficient (Wildman–Crippen LogP) is 3.50. The van der Waals surface area contributed by atoms with Crippen LogP contribution in [0.3, 0.4) is 0 Å². The topological polar surface area (TPSA) is 88.8 Å². The van der Waals surface area contributed by atoms with Crippen LogP contribution in [0.4, 0.5) is 11.4 Å². The number of nitro benzene ring substituents is 1. The fourth-order valence-corrected chi connectivity index (χ4v) is 3.28. The van der Waals surface area contributed by atoms with E-state index in [4.69, 9.17) is 0 Å². The minimum Gasteiger partial charge on any atom is -0.328 e. The molecule has 6 nitrogen and oxygen atoms in total. The molecule has 0 spiro atoms. The molecule has 6 heteroatoms. The van der Waals surface area contributed by atoms with Gasteiger partial charge in [0.05, 0.1) is 4.92 Å². The number of nitrogens with one attached hydrogen (secondary N) is 1. The summed E-state index contributed by atoms with van der Waals surface area (Å²) >= 11 is 0. The molecule has 3 rings (SSSR count). The Balaban J connectivity index is 1.77. The first-order valence-electron chi connectivity index (χ1n) is 9.44. The summed E-state index contributed by atoms with van der Waals surface area (Å²) in [5.41, 5.74) is 4.16. The molecular formula is C23H24N3O3+. The van der Waals surface area contributed by atoms with E-state index >= 15 is 0 Å². The third-order valence-corrected chi connectivity index (χ3v) is 4.85. The summed E-state index contributed by atoms with van der Waals surface area (Å²) in [4.78, 5) is 23.4. The van der Waals surface area contributed by atoms with E-state index in [1.54, 1.807) is 19.1 Å². The second kappa shape index (κ2) is 9.12. The van der Waals surface area contributed by atoms with E-state index in [1.807, 2.05) is 42.6 Å². The van der Waals surface area contributed by atoms with Crippen molar-refractivity contribution < 1.29 is 15.0 Å². The lowest BCUT2D eigenvalue weighted by Gasteiger charge is -2.17. The highest BCUT2D eigenvalue weighted by atomic mass is 16.6. The number of anilines is 1. The van der Waals surface area contributed by atoms with Crippen LogP contribution in [0.15, 0.2) is 72.8 Å². The Morgan fingerprint density at radius 2 is 1.62 bits per heavy atom. The summed E-state index contributed by atoms with van der Waals surface area (Å²) in [6.45, 7) is 3.91. The van der Waals surface area contributed by atoms with Crippen LogP contribution in [0.5, 0.6) is 0 Å². The van der Waals surface area contributed by atoms with Crippen molar-refractivity contribution in [1.82, 2.24) is 0 Å². The summed E-state index contributed by atoms with van der Waals surface area (Å²) in [5.74, 6) is -0.282. The van der Waals surface area contributed by atoms with Crippen LogP contribution < -0.4 is 10.6 Å². The number of para-hydroxylation sites is 1. The Bertz CT molecular complexity index is 1000. The van der Waals surface area contributed by atoms with Crippen molar-refractivity contribution in [3.8, 4) is 0 Å². The Morgan fingerprint density at radius 3 is 2.28 bits per heavy atom. The van der Waals surface area contributed by atoms with E-state index in [2.05, 4.69) is 29.6 Å². The third-order valence-electron chi connectivity index (χ3n) is 4.85. The van der Waals surface area contributed by atoms with E-state index in [1.165, 1.54) is 11.6 Å². The highest BCUT2D eigenvalue weighted by Crippen LogP contribution is 2.27. The standard InChI is InChI=1S/C23H23N3O3/c1-16-11-13-19(14-12-16)23(18-8-4-3-5-9-18)24-15-21(27)25-22-17(2)7-6-10-20(22)26(28)29/h3-14,23-24H,15H2,1-2H3,(H,25,27)/p+1/t23-/m0/s1. The summed E-state index contributed by atoms with van der Waals surface area (Å²) in [5, 5.41) is 15.9. The fourth-order valence-electron chi connectivity index (χ4n) is 3.28. The maximum Gasteiger partial charge on any atom is 0.293 e. The number of carbonyl (C=O) groups is 1. The number of amides is 1. The zero-order valence-corrected chi connectivity index (χ0v) is 16.5. The van der Waals surface area contributed by atoms with E-state index in [-0.39, 0.29) is 29.9 Å². The van der Waals surface area contributed by atoms with Crippen molar-refractivity contribution >= 4 is 17.3 Å². The number of rotatable bonds is 7.